The number of likely N-dealkylation sites (N-methyl/N-ethyl adjacent to an activating group) is 1. The Morgan fingerprint density at radius 1 is 1.03 bits per heavy atom. The smallest absolute Gasteiger partial charge is 0.312 e. The van der Waals surface area contributed by atoms with Crippen molar-refractivity contribution < 1.29 is 18.4 Å². The van der Waals surface area contributed by atoms with E-state index >= 15 is 0 Å². The number of carbonyl (C=O) groups is 2. The van der Waals surface area contributed by atoms with Crippen LogP contribution in [-0.4, -0.2) is 55.0 Å². The molecule has 1 aliphatic rings. The van der Waals surface area contributed by atoms with Crippen LogP contribution in [0.4, 0.5) is 25.0 Å². The number of anilines is 2. The van der Waals surface area contributed by atoms with Gasteiger partial charge in [0.2, 0.25) is 0 Å². The summed E-state index contributed by atoms with van der Waals surface area (Å²) in [5.41, 5.74) is 14.3. The van der Waals surface area contributed by atoms with Gasteiger partial charge in [0.05, 0.1) is 17.4 Å². The van der Waals surface area contributed by atoms with Crippen molar-refractivity contribution >= 4 is 23.3 Å². The zero-order valence-electron chi connectivity index (χ0n) is 21.2. The van der Waals surface area contributed by atoms with Gasteiger partial charge >= 0.3 is 6.03 Å². The Bertz CT molecular complexity index is 1290. The van der Waals surface area contributed by atoms with Crippen LogP contribution in [0.5, 0.6) is 0 Å². The van der Waals surface area contributed by atoms with Gasteiger partial charge in [-0.15, -0.1) is 0 Å². The second-order valence-corrected chi connectivity index (χ2v) is 9.48. The number of halogens is 2. The lowest BCUT2D eigenvalue weighted by Gasteiger charge is -2.40. The molecule has 3 amide bonds. The maximum atomic E-state index is 13.8. The summed E-state index contributed by atoms with van der Waals surface area (Å²) in [4.78, 5) is 28.7. The average Bonchev–Trinajstić information content (AvgIpc) is 2.90. The first-order chi connectivity index (χ1) is 18.2. The average molecular weight is 523 g/mol. The first kappa shape index (κ1) is 27.0. The molecule has 2 unspecified atom stereocenters. The van der Waals surface area contributed by atoms with E-state index < -0.39 is 17.7 Å². The van der Waals surface area contributed by atoms with E-state index in [1.807, 2.05) is 7.05 Å². The Morgan fingerprint density at radius 3 is 2.45 bits per heavy atom. The maximum absolute atomic E-state index is 13.8. The standard InChI is InChI=1S/C28H32F2N6O2/c1-35-14-15-36(17-26(35)20-10-11-21(29)22(30)16-20)13-12-24(34-28(32)38)18-6-8-19(9-7-18)27(37)33-25-5-3-2-4-23(25)31/h2-11,16,24,26H,12-15,17,31H2,1H3,(H,33,37)(H3,32,34,38). The van der Waals surface area contributed by atoms with Gasteiger partial charge in [0, 0.05) is 37.8 Å². The van der Waals surface area contributed by atoms with Crippen molar-refractivity contribution in [1.29, 1.82) is 0 Å². The summed E-state index contributed by atoms with van der Waals surface area (Å²) >= 11 is 0. The van der Waals surface area contributed by atoms with Crippen LogP contribution in [0.25, 0.3) is 0 Å². The number of rotatable bonds is 8. The van der Waals surface area contributed by atoms with Crippen molar-refractivity contribution in [3.8, 4) is 0 Å². The number of piperazine rings is 1. The van der Waals surface area contributed by atoms with E-state index in [-0.39, 0.29) is 18.0 Å². The first-order valence-corrected chi connectivity index (χ1v) is 12.4. The van der Waals surface area contributed by atoms with Crippen molar-refractivity contribution in [1.82, 2.24) is 15.1 Å². The van der Waals surface area contributed by atoms with E-state index in [4.69, 9.17) is 11.5 Å². The Balaban J connectivity index is 1.41. The SMILES string of the molecule is CN1CCN(CCC(NC(N)=O)c2ccc(C(=O)Nc3ccccc3N)cc2)CC1c1ccc(F)c(F)c1. The maximum Gasteiger partial charge on any atom is 0.312 e. The number of para-hydroxylation sites is 2. The fraction of sp³-hybridized carbons (Fsp3) is 0.286. The Hall–Kier alpha value is -4.02. The van der Waals surface area contributed by atoms with Crippen molar-refractivity contribution in [2.45, 2.75) is 18.5 Å². The molecule has 0 spiro atoms. The molecule has 3 aromatic carbocycles. The summed E-state index contributed by atoms with van der Waals surface area (Å²) in [6.45, 7) is 2.83. The third-order valence-corrected chi connectivity index (χ3v) is 6.90. The van der Waals surface area contributed by atoms with Crippen LogP contribution in [0.2, 0.25) is 0 Å². The molecule has 0 bridgehead atoms. The fourth-order valence-corrected chi connectivity index (χ4v) is 4.69. The number of benzene rings is 3. The van der Waals surface area contributed by atoms with Gasteiger partial charge in [-0.1, -0.05) is 30.3 Å². The highest BCUT2D eigenvalue weighted by atomic mass is 19.2. The molecule has 1 aliphatic heterocycles. The Labute approximate surface area is 220 Å². The van der Waals surface area contributed by atoms with E-state index in [2.05, 4.69) is 20.4 Å². The van der Waals surface area contributed by atoms with Crippen molar-refractivity contribution in [3.05, 3.63) is 95.1 Å². The minimum atomic E-state index is -0.864. The molecule has 0 aliphatic carbocycles. The van der Waals surface area contributed by atoms with Gasteiger partial charge in [0.25, 0.3) is 5.91 Å². The topological polar surface area (TPSA) is 117 Å². The summed E-state index contributed by atoms with van der Waals surface area (Å²) in [6.07, 6.45) is 0.573. The minimum Gasteiger partial charge on any atom is -0.397 e. The lowest BCUT2D eigenvalue weighted by atomic mass is 9.99. The van der Waals surface area contributed by atoms with Crippen LogP contribution in [0, 0.1) is 11.6 Å². The predicted molar refractivity (Wildman–Crippen MR) is 143 cm³/mol. The van der Waals surface area contributed by atoms with Gasteiger partial charge in [-0.2, -0.15) is 0 Å². The summed E-state index contributed by atoms with van der Waals surface area (Å²) in [5, 5.41) is 5.59. The lowest BCUT2D eigenvalue weighted by molar-refractivity contribution is 0.0923. The molecule has 3 aromatic rings. The van der Waals surface area contributed by atoms with Gasteiger partial charge in [0.15, 0.2) is 11.6 Å². The lowest BCUT2D eigenvalue weighted by Crippen LogP contribution is -2.47. The van der Waals surface area contributed by atoms with Gasteiger partial charge in [-0.25, -0.2) is 13.6 Å². The molecule has 2 atom stereocenters. The van der Waals surface area contributed by atoms with Gasteiger partial charge in [-0.05, 0) is 61.0 Å². The van der Waals surface area contributed by atoms with E-state index in [1.165, 1.54) is 6.07 Å². The second-order valence-electron chi connectivity index (χ2n) is 9.48. The molecule has 8 nitrogen and oxygen atoms in total. The van der Waals surface area contributed by atoms with E-state index in [0.29, 0.717) is 42.0 Å². The zero-order valence-corrected chi connectivity index (χ0v) is 21.2. The third kappa shape index (κ3) is 6.64. The van der Waals surface area contributed by atoms with Crippen molar-refractivity contribution in [3.63, 3.8) is 0 Å². The van der Waals surface area contributed by atoms with Gasteiger partial charge < -0.3 is 27.0 Å². The Morgan fingerprint density at radius 2 is 1.76 bits per heavy atom. The molecular formula is C28H32F2N6O2. The molecule has 0 aromatic heterocycles. The van der Waals surface area contributed by atoms with Gasteiger partial charge in [0.1, 0.15) is 0 Å². The number of nitrogens with one attached hydrogen (secondary N) is 2. The largest absolute Gasteiger partial charge is 0.397 e. The van der Waals surface area contributed by atoms with Crippen LogP contribution in [0.3, 0.4) is 0 Å². The fourth-order valence-electron chi connectivity index (χ4n) is 4.69. The van der Waals surface area contributed by atoms with E-state index in [0.717, 1.165) is 24.7 Å². The number of nitrogen functional groups attached to an aromatic ring is 1. The van der Waals surface area contributed by atoms with Crippen LogP contribution < -0.4 is 22.1 Å². The van der Waals surface area contributed by atoms with Crippen molar-refractivity contribution in [2.75, 3.05) is 44.3 Å². The number of nitrogens with two attached hydrogens (primary N) is 2. The normalized spacial score (nSPS) is 17.1. The highest BCUT2D eigenvalue weighted by Crippen LogP contribution is 2.27. The molecule has 200 valence electrons. The number of hydrogen-bond donors (Lipinski definition) is 4. The molecular weight excluding hydrogens is 490 g/mol. The zero-order chi connectivity index (χ0) is 27.2. The number of hydrogen-bond acceptors (Lipinski definition) is 5. The van der Waals surface area contributed by atoms with Crippen LogP contribution in [0.1, 0.15) is 40.0 Å². The number of nitrogens with zero attached hydrogens (tertiary/aromatic N) is 2. The van der Waals surface area contributed by atoms with Crippen LogP contribution >= 0.6 is 0 Å². The van der Waals surface area contributed by atoms with Crippen LogP contribution in [0.15, 0.2) is 66.7 Å². The number of primary amides is 1. The monoisotopic (exact) mass is 522 g/mol. The van der Waals surface area contributed by atoms with Crippen LogP contribution in [-0.2, 0) is 0 Å². The first-order valence-electron chi connectivity index (χ1n) is 12.4. The number of amides is 3. The quantitative estimate of drug-likeness (QED) is 0.335. The molecule has 10 heteroatoms. The summed E-state index contributed by atoms with van der Waals surface area (Å²) in [7, 11) is 1.96. The van der Waals surface area contributed by atoms with E-state index in [1.54, 1.807) is 54.6 Å². The van der Waals surface area contributed by atoms with Gasteiger partial charge in [-0.3, -0.25) is 9.69 Å². The third-order valence-electron chi connectivity index (χ3n) is 6.90. The molecule has 4 rings (SSSR count). The summed E-state index contributed by atoms with van der Waals surface area (Å²) in [5.74, 6) is -2.02. The molecule has 6 N–H and O–H groups in total. The van der Waals surface area contributed by atoms with Crippen molar-refractivity contribution in [2.24, 2.45) is 5.73 Å². The Kier molecular flexibility index (Phi) is 8.55. The summed E-state index contributed by atoms with van der Waals surface area (Å²) in [6, 6.07) is 16.9. The molecule has 1 fully saturated rings. The highest BCUT2D eigenvalue weighted by molar-refractivity contribution is 6.05. The molecule has 0 saturated carbocycles. The minimum absolute atomic E-state index is 0.0853. The van der Waals surface area contributed by atoms with E-state index in [9.17, 15) is 18.4 Å². The number of urea groups is 1. The predicted octanol–water partition coefficient (Wildman–Crippen LogP) is 3.89. The highest BCUT2D eigenvalue weighted by Gasteiger charge is 2.27. The molecule has 1 saturated heterocycles. The number of carbonyl (C=O) groups excluding carboxylic acids is 2. The molecule has 0 radical (unpaired) electrons. The molecule has 38 heavy (non-hydrogen) atoms. The molecule has 1 heterocycles. The summed E-state index contributed by atoms with van der Waals surface area (Å²) < 4.78 is 27.3. The second kappa shape index (κ2) is 12.0.